The lowest BCUT2D eigenvalue weighted by molar-refractivity contribution is -0.132. The summed E-state index contributed by atoms with van der Waals surface area (Å²) in [6, 6.07) is 15.3. The number of hydrogen-bond donors (Lipinski definition) is 6. The zero-order valence-corrected chi connectivity index (χ0v) is 72.3. The summed E-state index contributed by atoms with van der Waals surface area (Å²) < 4.78 is 17.6. The van der Waals surface area contributed by atoms with Gasteiger partial charge in [0.15, 0.2) is 0 Å². The summed E-state index contributed by atoms with van der Waals surface area (Å²) in [5, 5.41) is 64.9. The topological polar surface area (TPSA) is 187 Å². The number of carbonyl (C=O) groups excluding carboxylic acids is 2. The molecule has 1 aliphatic heterocycles. The molecule has 1 saturated carbocycles. The Bertz CT molecular complexity index is 3600. The van der Waals surface area contributed by atoms with E-state index >= 15 is 0 Å². The van der Waals surface area contributed by atoms with Crippen LogP contribution < -0.4 is 9.47 Å². The van der Waals surface area contributed by atoms with Gasteiger partial charge >= 0.3 is 11.9 Å². The largest absolute Gasteiger partial charge is 0.507 e. The van der Waals surface area contributed by atoms with E-state index in [2.05, 4.69) is 170 Å². The van der Waals surface area contributed by atoms with Gasteiger partial charge in [0.1, 0.15) is 46.0 Å². The van der Waals surface area contributed by atoms with Gasteiger partial charge in [-0.25, -0.2) is 0 Å². The van der Waals surface area contributed by atoms with E-state index in [4.69, 9.17) is 14.2 Å². The van der Waals surface area contributed by atoms with Crippen molar-refractivity contribution in [1.82, 2.24) is 0 Å². The minimum atomic E-state index is -0.368. The van der Waals surface area contributed by atoms with E-state index in [-0.39, 0.29) is 87.2 Å². The number of phenols is 6. The molecule has 11 heteroatoms. The number of epoxide rings is 1. The first-order valence-corrected chi connectivity index (χ1v) is 43.0. The average Bonchev–Trinajstić information content (AvgIpc) is 1.55. The molecular weight excluding hydrogens is 1350 g/mol. The lowest BCUT2D eigenvalue weighted by Crippen LogP contribution is -2.33. The number of allylic oxidation sites excluding steroid dienone is 8. The number of benzene rings is 4. The molecule has 608 valence electrons. The zero-order valence-electron chi connectivity index (χ0n) is 72.3. The number of hydrogen-bond acceptors (Lipinski definition) is 11. The standard InChI is InChI=1S/C26H40O2.C25H36O5.C24H38O2.C23H36O2/c1-6-7-8-12-21-16-24(27)26(25(28)17-21)23-15-19(4)13-14-22(23)20(5)11-9-10-18(2)3;1-7-8-9-10-18-13-20(28-16(4)26)23(21(14-18)29-17(5)27)22-19(15(2)3)11-12-25(6)24(22)30-25;1-7-8-9-17(5)18(6)19-13-22(25)24(23(26)14-19)21-12-16(4)10-11-20(21)15(2)3;1-7-8-11-23(5,6)17-13-20(24)22(21(25)14-17)19-12-16(4)9-10-18(19)15(2)3/h10,15-17,20,22-23,27-28H,6-9,11-14H2,1-5H3;13-15,19,22,24H,7-12H2,1-6H3;12-15,17-18,20-21,25-26H,7-11H2,1-6H3;12-15,18-19,24-25H,7-11H2,1-6H3/t20?,22-,23+;19-,22+,24?,25?;17?,18?,20-,21+;18-,19+/m0000/s1. The fourth-order valence-corrected chi connectivity index (χ4v) is 18.4. The van der Waals surface area contributed by atoms with Crippen molar-refractivity contribution in [2.75, 3.05) is 0 Å². The molecule has 0 aromatic heterocycles. The van der Waals surface area contributed by atoms with Gasteiger partial charge in [0.05, 0.1) is 11.7 Å². The molecule has 1 heterocycles. The van der Waals surface area contributed by atoms with Gasteiger partial charge in [-0.15, -0.1) is 0 Å². The van der Waals surface area contributed by atoms with Crippen LogP contribution in [0, 0.1) is 53.3 Å². The predicted molar refractivity (Wildman–Crippen MR) is 453 cm³/mol. The number of fused-ring (bicyclic) bond motifs is 1. The van der Waals surface area contributed by atoms with Crippen LogP contribution in [0.4, 0.5) is 0 Å². The molecule has 9 rings (SSSR count). The Morgan fingerprint density at radius 1 is 0.514 bits per heavy atom. The van der Waals surface area contributed by atoms with Gasteiger partial charge in [-0.2, -0.15) is 0 Å². The summed E-state index contributed by atoms with van der Waals surface area (Å²) >= 11 is 0. The Morgan fingerprint density at radius 3 is 1.33 bits per heavy atom. The number of carbonyl (C=O) groups is 2. The molecule has 5 aliphatic rings. The van der Waals surface area contributed by atoms with Crippen molar-refractivity contribution in [2.24, 2.45) is 53.3 Å². The third kappa shape index (κ3) is 25.5. The van der Waals surface area contributed by atoms with E-state index in [9.17, 15) is 40.2 Å². The van der Waals surface area contributed by atoms with Gasteiger partial charge in [0, 0.05) is 59.8 Å². The predicted octanol–water partition coefficient (Wildman–Crippen LogP) is 27.0. The Morgan fingerprint density at radius 2 is 0.917 bits per heavy atom. The van der Waals surface area contributed by atoms with E-state index in [1.165, 1.54) is 68.2 Å². The first kappa shape index (κ1) is 91.4. The number of ether oxygens (including phenoxy) is 3. The molecular formula is C98H150O11. The van der Waals surface area contributed by atoms with Crippen molar-refractivity contribution in [2.45, 2.75) is 360 Å². The normalized spacial score (nSPS) is 23.2. The maximum absolute atomic E-state index is 12.0. The molecule has 5 unspecified atom stereocenters. The van der Waals surface area contributed by atoms with Gasteiger partial charge in [0.25, 0.3) is 0 Å². The van der Waals surface area contributed by atoms with Crippen molar-refractivity contribution in [3.05, 3.63) is 140 Å². The smallest absolute Gasteiger partial charge is 0.308 e. The summed E-state index contributed by atoms with van der Waals surface area (Å²) in [7, 11) is 0. The van der Waals surface area contributed by atoms with Gasteiger partial charge in [0.2, 0.25) is 0 Å². The van der Waals surface area contributed by atoms with Crippen LogP contribution in [-0.2, 0) is 32.6 Å². The summed E-state index contributed by atoms with van der Waals surface area (Å²) in [4.78, 5) is 23.9. The van der Waals surface area contributed by atoms with Gasteiger partial charge in [-0.1, -0.05) is 208 Å². The molecule has 0 radical (unpaired) electrons. The minimum absolute atomic E-state index is 0.0251. The fraction of sp³-hybridized carbons (Fsp3) is 0.653. The molecule has 11 nitrogen and oxygen atoms in total. The molecule has 1 saturated heterocycles. The van der Waals surface area contributed by atoms with E-state index in [1.807, 2.05) is 48.5 Å². The highest BCUT2D eigenvalue weighted by Gasteiger charge is 2.62. The lowest BCUT2D eigenvalue weighted by Gasteiger charge is -2.36. The maximum Gasteiger partial charge on any atom is 0.308 e. The third-order valence-electron chi connectivity index (χ3n) is 25.5. The average molecular weight is 1500 g/mol. The van der Waals surface area contributed by atoms with Crippen molar-refractivity contribution in [3.8, 4) is 46.0 Å². The van der Waals surface area contributed by atoms with E-state index in [1.54, 1.807) is 0 Å². The van der Waals surface area contributed by atoms with E-state index < -0.39 is 0 Å². The molecule has 4 aromatic carbocycles. The number of rotatable bonds is 30. The summed E-state index contributed by atoms with van der Waals surface area (Å²) in [6.45, 7) is 49.1. The van der Waals surface area contributed by atoms with E-state index in [0.29, 0.717) is 76.2 Å². The van der Waals surface area contributed by atoms with E-state index in [0.717, 1.165) is 161 Å². The highest BCUT2D eigenvalue weighted by atomic mass is 16.6. The van der Waals surface area contributed by atoms with Gasteiger partial charge in [-0.3, -0.25) is 9.59 Å². The van der Waals surface area contributed by atoms with Crippen LogP contribution in [0.25, 0.3) is 0 Å². The second-order valence-corrected chi connectivity index (χ2v) is 36.3. The van der Waals surface area contributed by atoms with Crippen molar-refractivity contribution in [1.29, 1.82) is 0 Å². The van der Waals surface area contributed by atoms with Gasteiger partial charge < -0.3 is 44.8 Å². The first-order chi connectivity index (χ1) is 51.4. The second kappa shape index (κ2) is 42.4. The number of phenolic OH excluding ortho intramolecular Hbond substituents is 6. The molecule has 4 aliphatic carbocycles. The van der Waals surface area contributed by atoms with Crippen molar-refractivity contribution in [3.63, 3.8) is 0 Å². The quantitative estimate of drug-likeness (QED) is 0.00959. The molecule has 0 amide bonds. The minimum Gasteiger partial charge on any atom is -0.507 e. The number of esters is 2. The Hall–Kier alpha value is -6.46. The second-order valence-electron chi connectivity index (χ2n) is 36.3. The van der Waals surface area contributed by atoms with Crippen LogP contribution in [0.2, 0.25) is 0 Å². The zero-order chi connectivity index (χ0) is 80.9. The molecule has 13 atom stereocenters. The molecule has 0 spiro atoms. The van der Waals surface area contributed by atoms with Crippen LogP contribution in [0.5, 0.6) is 46.0 Å². The highest BCUT2D eigenvalue weighted by molar-refractivity contribution is 5.74. The van der Waals surface area contributed by atoms with Crippen LogP contribution in [0.1, 0.15) is 375 Å². The molecule has 2 fully saturated rings. The third-order valence-corrected chi connectivity index (χ3v) is 25.5. The summed E-state index contributed by atoms with van der Waals surface area (Å²) in [5.41, 5.74) is 12.4. The van der Waals surface area contributed by atoms with Crippen LogP contribution in [0.15, 0.2) is 95.1 Å². The Kier molecular flexibility index (Phi) is 35.6. The summed E-state index contributed by atoms with van der Waals surface area (Å²) in [6.07, 6.45) is 35.7. The lowest BCUT2D eigenvalue weighted by atomic mass is 9.67. The SMILES string of the molecule is CCCCC(C)(C)c1cc(O)c([C@@H]2C=C(C)CC[C@H]2C(C)C)c(O)c1.CCCCC(C)C(C)c1cc(O)c([C@@H]2C=C(C)CC[C@H]2C(C)C)c(O)c1.CCCCCc1cc(O)c([C@@H]2C=C(C)CC[C@H]2C(C)CCC=C(C)C)c(O)c1.CCCCCc1cc(OC(C)=O)c([C@@H]2C3OC3(C)CC[C@H]2C(C)C)c(OC(C)=O)c1. The molecule has 109 heavy (non-hydrogen) atoms. The number of aryl methyl sites for hydroxylation is 2. The summed E-state index contributed by atoms with van der Waals surface area (Å²) in [5.74, 6) is 6.81. The van der Waals surface area contributed by atoms with Crippen LogP contribution in [-0.4, -0.2) is 54.3 Å². The molecule has 0 bridgehead atoms. The molecule has 4 aromatic rings. The Labute approximate surface area is 661 Å². The monoisotopic (exact) mass is 1500 g/mol. The van der Waals surface area contributed by atoms with Gasteiger partial charge in [-0.05, 0) is 273 Å². The highest BCUT2D eigenvalue weighted by Crippen LogP contribution is 2.61. The van der Waals surface area contributed by atoms with Crippen LogP contribution >= 0.6 is 0 Å². The van der Waals surface area contributed by atoms with Crippen molar-refractivity contribution < 1.29 is 54.4 Å². The molecule has 6 N–H and O–H groups in total. The van der Waals surface area contributed by atoms with Crippen LogP contribution in [0.3, 0.4) is 0 Å². The number of aromatic hydroxyl groups is 6. The first-order valence-electron chi connectivity index (χ1n) is 43.0. The fourth-order valence-electron chi connectivity index (χ4n) is 18.4. The number of unbranched alkanes of at least 4 members (excludes halogenated alkanes) is 6. The Balaban J connectivity index is 0.000000228. The van der Waals surface area contributed by atoms with Crippen molar-refractivity contribution >= 4 is 11.9 Å². The maximum atomic E-state index is 12.0.